The maximum absolute atomic E-state index is 5.90. The number of benzene rings is 1. The van der Waals surface area contributed by atoms with Crippen molar-refractivity contribution >= 4 is 17.4 Å². The molecule has 0 bridgehead atoms. The SMILES string of the molecule is COc1ccc(C2(CNc3cncc(Cl)n3)CCOCC2)cc1. The lowest BCUT2D eigenvalue weighted by Crippen LogP contribution is -2.40. The first-order valence-electron chi connectivity index (χ1n) is 7.66. The minimum atomic E-state index is 0.00845. The van der Waals surface area contributed by atoms with E-state index in [4.69, 9.17) is 21.1 Å². The molecule has 0 spiro atoms. The molecule has 1 fully saturated rings. The summed E-state index contributed by atoms with van der Waals surface area (Å²) in [6, 6.07) is 8.28. The summed E-state index contributed by atoms with van der Waals surface area (Å²) in [5.74, 6) is 1.56. The van der Waals surface area contributed by atoms with Gasteiger partial charge in [0.2, 0.25) is 0 Å². The number of ether oxygens (including phenoxy) is 2. The van der Waals surface area contributed by atoms with Crippen molar-refractivity contribution in [1.29, 1.82) is 0 Å². The van der Waals surface area contributed by atoms with Crippen LogP contribution in [0.1, 0.15) is 18.4 Å². The maximum Gasteiger partial charge on any atom is 0.149 e. The Labute approximate surface area is 141 Å². The van der Waals surface area contributed by atoms with Crippen LogP contribution in [0.4, 0.5) is 5.82 Å². The minimum Gasteiger partial charge on any atom is -0.497 e. The van der Waals surface area contributed by atoms with Gasteiger partial charge in [-0.05, 0) is 30.5 Å². The van der Waals surface area contributed by atoms with Gasteiger partial charge in [-0.15, -0.1) is 0 Å². The van der Waals surface area contributed by atoms with Gasteiger partial charge in [0.1, 0.15) is 16.7 Å². The van der Waals surface area contributed by atoms with Gasteiger partial charge >= 0.3 is 0 Å². The highest BCUT2D eigenvalue weighted by atomic mass is 35.5. The second-order valence-electron chi connectivity index (χ2n) is 5.70. The molecule has 0 amide bonds. The Kier molecular flexibility index (Phi) is 4.98. The highest BCUT2D eigenvalue weighted by Crippen LogP contribution is 2.35. The van der Waals surface area contributed by atoms with Crippen LogP contribution in [0.5, 0.6) is 5.75 Å². The van der Waals surface area contributed by atoms with E-state index in [1.807, 2.05) is 12.1 Å². The molecule has 0 aliphatic carbocycles. The van der Waals surface area contributed by atoms with E-state index in [0.29, 0.717) is 11.0 Å². The van der Waals surface area contributed by atoms with Crippen molar-refractivity contribution in [2.24, 2.45) is 0 Å². The fraction of sp³-hybridized carbons (Fsp3) is 0.412. The van der Waals surface area contributed by atoms with Gasteiger partial charge in [-0.3, -0.25) is 4.98 Å². The summed E-state index contributed by atoms with van der Waals surface area (Å²) in [6.07, 6.45) is 5.13. The molecule has 0 atom stereocenters. The number of methoxy groups -OCH3 is 1. The molecular weight excluding hydrogens is 314 g/mol. The van der Waals surface area contributed by atoms with Crippen LogP contribution < -0.4 is 10.1 Å². The molecule has 0 saturated carbocycles. The highest BCUT2D eigenvalue weighted by Gasteiger charge is 2.34. The number of nitrogens with one attached hydrogen (secondary N) is 1. The number of aromatic nitrogens is 2. The Morgan fingerprint density at radius 1 is 1.22 bits per heavy atom. The highest BCUT2D eigenvalue weighted by molar-refractivity contribution is 6.29. The van der Waals surface area contributed by atoms with E-state index in [9.17, 15) is 0 Å². The predicted octanol–water partition coefficient (Wildman–Crippen LogP) is 3.30. The van der Waals surface area contributed by atoms with E-state index >= 15 is 0 Å². The molecule has 1 aliphatic heterocycles. The Morgan fingerprint density at radius 2 is 1.96 bits per heavy atom. The lowest BCUT2D eigenvalue weighted by Gasteiger charge is -2.38. The summed E-state index contributed by atoms with van der Waals surface area (Å²) in [6.45, 7) is 2.28. The Bertz CT molecular complexity index is 643. The molecule has 0 unspecified atom stereocenters. The third-order valence-electron chi connectivity index (χ3n) is 4.37. The monoisotopic (exact) mass is 333 g/mol. The van der Waals surface area contributed by atoms with E-state index in [1.165, 1.54) is 11.8 Å². The molecule has 3 rings (SSSR count). The standard InChI is InChI=1S/C17H20ClN3O2/c1-22-14-4-2-13(3-5-14)17(6-8-23-9-7-17)12-20-16-11-19-10-15(18)21-16/h2-5,10-11H,6-9,12H2,1H3,(H,20,21). The maximum atomic E-state index is 5.90. The molecule has 1 saturated heterocycles. The van der Waals surface area contributed by atoms with Gasteiger partial charge < -0.3 is 14.8 Å². The van der Waals surface area contributed by atoms with Crippen molar-refractivity contribution in [2.45, 2.75) is 18.3 Å². The van der Waals surface area contributed by atoms with Crippen LogP contribution in [0, 0.1) is 0 Å². The van der Waals surface area contributed by atoms with Crippen molar-refractivity contribution in [3.05, 3.63) is 47.4 Å². The summed E-state index contributed by atoms with van der Waals surface area (Å²) in [4.78, 5) is 8.32. The third kappa shape index (κ3) is 3.74. The van der Waals surface area contributed by atoms with E-state index in [1.54, 1.807) is 13.3 Å². The van der Waals surface area contributed by atoms with Gasteiger partial charge in [-0.25, -0.2) is 4.98 Å². The molecule has 1 N–H and O–H groups in total. The van der Waals surface area contributed by atoms with Crippen molar-refractivity contribution in [1.82, 2.24) is 9.97 Å². The van der Waals surface area contributed by atoms with Gasteiger partial charge in [-0.1, -0.05) is 23.7 Å². The molecule has 2 heterocycles. The molecule has 122 valence electrons. The summed E-state index contributed by atoms with van der Waals surface area (Å²) in [5.41, 5.74) is 1.29. The Morgan fingerprint density at radius 3 is 2.61 bits per heavy atom. The first-order valence-corrected chi connectivity index (χ1v) is 8.03. The largest absolute Gasteiger partial charge is 0.497 e. The quantitative estimate of drug-likeness (QED) is 0.909. The topological polar surface area (TPSA) is 56.3 Å². The van der Waals surface area contributed by atoms with Crippen LogP contribution in [0.25, 0.3) is 0 Å². The van der Waals surface area contributed by atoms with Gasteiger partial charge in [0.25, 0.3) is 0 Å². The summed E-state index contributed by atoms with van der Waals surface area (Å²) in [5, 5.41) is 3.77. The third-order valence-corrected chi connectivity index (χ3v) is 4.55. The Balaban J connectivity index is 1.81. The predicted molar refractivity (Wildman–Crippen MR) is 90.3 cm³/mol. The molecular formula is C17H20ClN3O2. The normalized spacial score (nSPS) is 16.8. The van der Waals surface area contributed by atoms with Crippen LogP contribution >= 0.6 is 11.6 Å². The van der Waals surface area contributed by atoms with Crippen molar-refractivity contribution < 1.29 is 9.47 Å². The number of hydrogen-bond donors (Lipinski definition) is 1. The molecule has 0 radical (unpaired) electrons. The fourth-order valence-electron chi connectivity index (χ4n) is 2.96. The zero-order chi connectivity index (χ0) is 16.1. The lowest BCUT2D eigenvalue weighted by molar-refractivity contribution is 0.0543. The summed E-state index contributed by atoms with van der Waals surface area (Å²) < 4.78 is 10.8. The molecule has 1 aromatic heterocycles. The number of rotatable bonds is 5. The van der Waals surface area contributed by atoms with E-state index in [0.717, 1.165) is 38.3 Å². The average Bonchev–Trinajstić information content (AvgIpc) is 2.61. The number of hydrogen-bond acceptors (Lipinski definition) is 5. The van der Waals surface area contributed by atoms with Crippen molar-refractivity contribution in [2.75, 3.05) is 32.2 Å². The van der Waals surface area contributed by atoms with Gasteiger partial charge in [0.15, 0.2) is 0 Å². The molecule has 1 aliphatic rings. The van der Waals surface area contributed by atoms with Crippen LogP contribution in [-0.2, 0) is 10.2 Å². The first kappa shape index (κ1) is 16.0. The second kappa shape index (κ2) is 7.15. The molecule has 2 aromatic rings. The minimum absolute atomic E-state index is 0.00845. The molecule has 5 nitrogen and oxygen atoms in total. The van der Waals surface area contributed by atoms with Gasteiger partial charge in [0.05, 0.1) is 19.5 Å². The second-order valence-corrected chi connectivity index (χ2v) is 6.09. The zero-order valence-corrected chi connectivity index (χ0v) is 13.8. The number of halogens is 1. The van der Waals surface area contributed by atoms with Gasteiger partial charge in [0, 0.05) is 25.2 Å². The van der Waals surface area contributed by atoms with Crippen LogP contribution in [0.15, 0.2) is 36.7 Å². The number of nitrogens with zero attached hydrogens (tertiary/aromatic N) is 2. The van der Waals surface area contributed by atoms with Crippen molar-refractivity contribution in [3.8, 4) is 5.75 Å². The summed E-state index contributed by atoms with van der Waals surface area (Å²) in [7, 11) is 1.68. The van der Waals surface area contributed by atoms with Crippen LogP contribution in [0.3, 0.4) is 0 Å². The molecule has 23 heavy (non-hydrogen) atoms. The fourth-order valence-corrected chi connectivity index (χ4v) is 3.11. The lowest BCUT2D eigenvalue weighted by atomic mass is 9.74. The Hall–Kier alpha value is -1.85. The van der Waals surface area contributed by atoms with Crippen LogP contribution in [-0.4, -0.2) is 36.8 Å². The molecule has 6 heteroatoms. The summed E-state index contributed by atoms with van der Waals surface area (Å²) >= 11 is 5.90. The number of anilines is 1. The van der Waals surface area contributed by atoms with Crippen molar-refractivity contribution in [3.63, 3.8) is 0 Å². The van der Waals surface area contributed by atoms with Gasteiger partial charge in [-0.2, -0.15) is 0 Å². The van der Waals surface area contributed by atoms with E-state index in [2.05, 4.69) is 27.4 Å². The van der Waals surface area contributed by atoms with E-state index in [-0.39, 0.29) is 5.41 Å². The van der Waals surface area contributed by atoms with E-state index < -0.39 is 0 Å². The first-order chi connectivity index (χ1) is 11.2. The average molecular weight is 334 g/mol. The van der Waals surface area contributed by atoms with Crippen LogP contribution in [0.2, 0.25) is 5.15 Å². The molecule has 1 aromatic carbocycles. The zero-order valence-electron chi connectivity index (χ0n) is 13.1. The smallest absolute Gasteiger partial charge is 0.149 e.